The Hall–Kier alpha value is -0.480. The van der Waals surface area contributed by atoms with Gasteiger partial charge in [0.1, 0.15) is 0 Å². The Morgan fingerprint density at radius 3 is 2.75 bits per heavy atom. The van der Waals surface area contributed by atoms with Gasteiger partial charge >= 0.3 is 0 Å². The topological polar surface area (TPSA) is 30.5 Å². The second-order valence-electron chi connectivity index (χ2n) is 5.60. The predicted molar refractivity (Wildman–Crippen MR) is 81.8 cm³/mol. The van der Waals surface area contributed by atoms with E-state index in [1.807, 2.05) is 12.1 Å². The largest absolute Gasteiger partial charge is 0.381 e. The average molecular weight is 316 g/mol. The normalized spacial score (nSPS) is 25.6. The molecule has 3 rings (SSSR count). The average Bonchev–Trinajstić information content (AvgIpc) is 2.44. The Bertz CT molecular complexity index is 469. The van der Waals surface area contributed by atoms with Crippen LogP contribution in [0.4, 0.5) is 5.69 Å². The summed E-state index contributed by atoms with van der Waals surface area (Å²) in [4.78, 5) is 0. The van der Waals surface area contributed by atoms with Gasteiger partial charge in [-0.15, -0.1) is 0 Å². The Kier molecular flexibility index (Phi) is 4.41. The first-order valence-electron chi connectivity index (χ1n) is 7.10. The molecule has 3 nitrogen and oxygen atoms in total. The number of hydrogen-bond acceptors (Lipinski definition) is 3. The molecule has 0 saturated carbocycles. The third-order valence-corrected chi connectivity index (χ3v) is 4.75. The van der Waals surface area contributed by atoms with Crippen molar-refractivity contribution < 1.29 is 9.47 Å². The molecule has 0 aromatic heterocycles. The standard InChI is InChI=1S/C15H19Cl2NO2/c16-11-1-2-13(17)14(9-11)18-12-3-6-20-15(10-12)4-7-19-8-5-15/h1-2,9,12,18H,3-8,10H2. The Balaban J connectivity index is 1.69. The summed E-state index contributed by atoms with van der Waals surface area (Å²) < 4.78 is 11.5. The highest BCUT2D eigenvalue weighted by molar-refractivity contribution is 6.35. The van der Waals surface area contributed by atoms with E-state index in [4.69, 9.17) is 32.7 Å². The molecule has 1 aromatic rings. The van der Waals surface area contributed by atoms with Gasteiger partial charge in [0.2, 0.25) is 0 Å². The molecule has 1 atom stereocenters. The minimum atomic E-state index is -0.0147. The van der Waals surface area contributed by atoms with Crippen LogP contribution in [0.15, 0.2) is 18.2 Å². The number of benzene rings is 1. The van der Waals surface area contributed by atoms with E-state index in [9.17, 15) is 0 Å². The van der Waals surface area contributed by atoms with Gasteiger partial charge in [0, 0.05) is 30.9 Å². The Morgan fingerprint density at radius 2 is 1.95 bits per heavy atom. The lowest BCUT2D eigenvalue weighted by molar-refractivity contribution is -0.135. The maximum atomic E-state index is 6.22. The van der Waals surface area contributed by atoms with Crippen molar-refractivity contribution in [3.05, 3.63) is 28.2 Å². The van der Waals surface area contributed by atoms with Crippen LogP contribution in [0.1, 0.15) is 25.7 Å². The summed E-state index contributed by atoms with van der Waals surface area (Å²) in [5.41, 5.74) is 0.896. The van der Waals surface area contributed by atoms with Gasteiger partial charge in [-0.05, 0) is 43.9 Å². The zero-order valence-electron chi connectivity index (χ0n) is 11.3. The molecular weight excluding hydrogens is 297 g/mol. The highest BCUT2D eigenvalue weighted by Crippen LogP contribution is 2.36. The Labute approximate surface area is 129 Å². The van der Waals surface area contributed by atoms with E-state index >= 15 is 0 Å². The minimum Gasteiger partial charge on any atom is -0.381 e. The van der Waals surface area contributed by atoms with Crippen LogP contribution in [0.2, 0.25) is 10.0 Å². The molecule has 110 valence electrons. The highest BCUT2D eigenvalue weighted by Gasteiger charge is 2.39. The Morgan fingerprint density at radius 1 is 1.15 bits per heavy atom. The zero-order valence-corrected chi connectivity index (χ0v) is 12.8. The molecule has 2 fully saturated rings. The van der Waals surface area contributed by atoms with E-state index in [0.717, 1.165) is 51.2 Å². The molecule has 1 spiro atoms. The van der Waals surface area contributed by atoms with Crippen molar-refractivity contribution in [1.29, 1.82) is 0 Å². The lowest BCUT2D eigenvalue weighted by Gasteiger charge is -2.43. The minimum absolute atomic E-state index is 0.0147. The number of nitrogens with one attached hydrogen (secondary N) is 1. The molecule has 2 saturated heterocycles. The first-order chi connectivity index (χ1) is 9.67. The van der Waals surface area contributed by atoms with E-state index in [0.29, 0.717) is 16.1 Å². The van der Waals surface area contributed by atoms with E-state index in [1.54, 1.807) is 6.07 Å². The van der Waals surface area contributed by atoms with Crippen LogP contribution >= 0.6 is 23.2 Å². The number of anilines is 1. The number of halogens is 2. The fourth-order valence-electron chi connectivity index (χ4n) is 3.07. The molecule has 2 aliphatic heterocycles. The molecule has 0 amide bonds. The van der Waals surface area contributed by atoms with Gasteiger partial charge in [-0.1, -0.05) is 23.2 Å². The van der Waals surface area contributed by atoms with Crippen LogP contribution in [0.5, 0.6) is 0 Å². The van der Waals surface area contributed by atoms with Gasteiger partial charge in [0.15, 0.2) is 0 Å². The molecule has 20 heavy (non-hydrogen) atoms. The predicted octanol–water partition coefficient (Wildman–Crippen LogP) is 4.13. The van der Waals surface area contributed by atoms with Gasteiger partial charge < -0.3 is 14.8 Å². The summed E-state index contributed by atoms with van der Waals surface area (Å²) in [6, 6.07) is 5.89. The SMILES string of the molecule is Clc1ccc(Cl)c(NC2CCOC3(CCOCC3)C2)c1. The maximum absolute atomic E-state index is 6.22. The number of ether oxygens (including phenoxy) is 2. The highest BCUT2D eigenvalue weighted by atomic mass is 35.5. The van der Waals surface area contributed by atoms with Gasteiger partial charge in [0.05, 0.1) is 16.3 Å². The number of hydrogen-bond donors (Lipinski definition) is 1. The quantitative estimate of drug-likeness (QED) is 0.890. The first kappa shape index (κ1) is 14.5. The van der Waals surface area contributed by atoms with E-state index < -0.39 is 0 Å². The summed E-state index contributed by atoms with van der Waals surface area (Å²) in [5.74, 6) is 0. The van der Waals surface area contributed by atoms with E-state index in [2.05, 4.69) is 5.32 Å². The van der Waals surface area contributed by atoms with Crippen LogP contribution in [0, 0.1) is 0 Å². The lowest BCUT2D eigenvalue weighted by Crippen LogP contribution is -2.47. The van der Waals surface area contributed by atoms with Crippen molar-refractivity contribution >= 4 is 28.9 Å². The van der Waals surface area contributed by atoms with Crippen LogP contribution in [-0.4, -0.2) is 31.5 Å². The molecule has 1 unspecified atom stereocenters. The summed E-state index contributed by atoms with van der Waals surface area (Å²) in [7, 11) is 0. The third-order valence-electron chi connectivity index (χ3n) is 4.19. The molecule has 2 aliphatic rings. The first-order valence-corrected chi connectivity index (χ1v) is 7.86. The molecule has 1 aromatic carbocycles. The second-order valence-corrected chi connectivity index (χ2v) is 6.45. The van der Waals surface area contributed by atoms with Crippen molar-refractivity contribution in [2.24, 2.45) is 0 Å². The van der Waals surface area contributed by atoms with Crippen molar-refractivity contribution in [2.75, 3.05) is 25.1 Å². The van der Waals surface area contributed by atoms with Gasteiger partial charge in [-0.2, -0.15) is 0 Å². The van der Waals surface area contributed by atoms with Crippen molar-refractivity contribution in [1.82, 2.24) is 0 Å². The molecule has 2 heterocycles. The summed E-state index contributed by atoms with van der Waals surface area (Å²) in [5, 5.41) is 4.93. The number of rotatable bonds is 2. The third kappa shape index (κ3) is 3.22. The van der Waals surface area contributed by atoms with Crippen LogP contribution in [-0.2, 0) is 9.47 Å². The van der Waals surface area contributed by atoms with E-state index in [-0.39, 0.29) is 5.60 Å². The summed E-state index contributed by atoms with van der Waals surface area (Å²) in [6.07, 6.45) is 3.95. The van der Waals surface area contributed by atoms with Crippen molar-refractivity contribution in [3.8, 4) is 0 Å². The van der Waals surface area contributed by atoms with E-state index in [1.165, 1.54) is 0 Å². The molecular formula is C15H19Cl2NO2. The summed E-state index contributed by atoms with van der Waals surface area (Å²) in [6.45, 7) is 2.38. The van der Waals surface area contributed by atoms with Gasteiger partial charge in [-0.3, -0.25) is 0 Å². The van der Waals surface area contributed by atoms with Crippen molar-refractivity contribution in [2.45, 2.75) is 37.3 Å². The van der Waals surface area contributed by atoms with Gasteiger partial charge in [0.25, 0.3) is 0 Å². The zero-order chi connectivity index (χ0) is 14.0. The second kappa shape index (κ2) is 6.10. The molecule has 0 bridgehead atoms. The molecule has 0 aliphatic carbocycles. The molecule has 0 radical (unpaired) electrons. The smallest absolute Gasteiger partial charge is 0.0745 e. The monoisotopic (exact) mass is 315 g/mol. The van der Waals surface area contributed by atoms with Crippen LogP contribution < -0.4 is 5.32 Å². The fraction of sp³-hybridized carbons (Fsp3) is 0.600. The van der Waals surface area contributed by atoms with Crippen LogP contribution in [0.25, 0.3) is 0 Å². The fourth-order valence-corrected chi connectivity index (χ4v) is 3.42. The van der Waals surface area contributed by atoms with Gasteiger partial charge in [-0.25, -0.2) is 0 Å². The summed E-state index contributed by atoms with van der Waals surface area (Å²) >= 11 is 12.3. The molecule has 5 heteroatoms. The van der Waals surface area contributed by atoms with Crippen molar-refractivity contribution in [3.63, 3.8) is 0 Å². The molecule has 1 N–H and O–H groups in total. The lowest BCUT2D eigenvalue weighted by atomic mass is 9.84. The maximum Gasteiger partial charge on any atom is 0.0745 e. The van der Waals surface area contributed by atoms with Crippen LogP contribution in [0.3, 0.4) is 0 Å².